The van der Waals surface area contributed by atoms with E-state index in [9.17, 15) is 22.8 Å². The summed E-state index contributed by atoms with van der Waals surface area (Å²) in [6.07, 6.45) is 2.47. The topological polar surface area (TPSA) is 126 Å². The van der Waals surface area contributed by atoms with Gasteiger partial charge in [-0.15, -0.1) is 0 Å². The number of morpholine rings is 1. The number of amides is 1. The van der Waals surface area contributed by atoms with Crippen molar-refractivity contribution < 1.29 is 27.5 Å². The molecule has 2 aromatic rings. The molecule has 2 aliphatic rings. The summed E-state index contributed by atoms with van der Waals surface area (Å²) >= 11 is 0. The fourth-order valence-corrected chi connectivity index (χ4v) is 5.77. The average Bonchev–Trinajstić information content (AvgIpc) is 2.84. The van der Waals surface area contributed by atoms with Crippen LogP contribution in [0, 0.1) is 5.92 Å². The summed E-state index contributed by atoms with van der Waals surface area (Å²) in [4.78, 5) is 42.5. The summed E-state index contributed by atoms with van der Waals surface area (Å²) < 4.78 is 38.2. The van der Waals surface area contributed by atoms with Gasteiger partial charge in [0, 0.05) is 43.3 Å². The van der Waals surface area contributed by atoms with Crippen molar-refractivity contribution in [2.24, 2.45) is 5.92 Å². The number of carbonyl (C=O) groups excluding carboxylic acids is 2. The Balaban J connectivity index is 1.65. The summed E-state index contributed by atoms with van der Waals surface area (Å²) in [6.45, 7) is 3.85. The van der Waals surface area contributed by atoms with Crippen molar-refractivity contribution in [3.8, 4) is 0 Å². The number of hydrogen-bond donors (Lipinski definition) is 1. The maximum Gasteiger partial charge on any atom is 0.310 e. The predicted octanol–water partition coefficient (Wildman–Crippen LogP) is 0.964. The van der Waals surface area contributed by atoms with E-state index in [4.69, 9.17) is 9.47 Å². The number of fused-ring (bicyclic) bond motifs is 1. The maximum atomic E-state index is 13.3. The van der Waals surface area contributed by atoms with Gasteiger partial charge in [0.1, 0.15) is 5.56 Å². The minimum atomic E-state index is -3.94. The third-order valence-corrected chi connectivity index (χ3v) is 7.88. The number of hydrogen-bond acceptors (Lipinski definition) is 7. The second-order valence-corrected chi connectivity index (χ2v) is 10.0. The molecule has 0 bridgehead atoms. The fraction of sp³-hybridized carbons (Fsp3) is 0.500. The largest absolute Gasteiger partial charge is 0.466 e. The molecular weight excluding hydrogens is 450 g/mol. The van der Waals surface area contributed by atoms with Gasteiger partial charge >= 0.3 is 5.97 Å². The van der Waals surface area contributed by atoms with E-state index in [1.807, 2.05) is 0 Å². The van der Waals surface area contributed by atoms with Crippen molar-refractivity contribution in [2.45, 2.75) is 24.7 Å². The minimum Gasteiger partial charge on any atom is -0.466 e. The Morgan fingerprint density at radius 3 is 2.70 bits per heavy atom. The molecule has 11 heteroatoms. The van der Waals surface area contributed by atoms with Gasteiger partial charge in [-0.25, -0.2) is 8.42 Å². The lowest BCUT2D eigenvalue weighted by molar-refractivity contribution is -0.149. The van der Waals surface area contributed by atoms with Crippen LogP contribution >= 0.6 is 0 Å². The van der Waals surface area contributed by atoms with Crippen LogP contribution in [0.3, 0.4) is 0 Å². The Morgan fingerprint density at radius 1 is 1.21 bits per heavy atom. The first-order valence-electron chi connectivity index (χ1n) is 11.0. The molecule has 33 heavy (non-hydrogen) atoms. The van der Waals surface area contributed by atoms with Crippen LogP contribution in [0.5, 0.6) is 0 Å². The fourth-order valence-electron chi connectivity index (χ4n) is 4.22. The molecule has 0 spiro atoms. The first-order chi connectivity index (χ1) is 15.8. The monoisotopic (exact) mass is 477 g/mol. The summed E-state index contributed by atoms with van der Waals surface area (Å²) in [5, 5.41) is 0.120. The quantitative estimate of drug-likeness (QED) is 0.636. The van der Waals surface area contributed by atoms with E-state index in [1.54, 1.807) is 11.8 Å². The third-order valence-electron chi connectivity index (χ3n) is 6.02. The number of pyridine rings is 1. The molecule has 1 aromatic heterocycles. The van der Waals surface area contributed by atoms with Crippen LogP contribution in [0.1, 0.15) is 30.1 Å². The molecule has 4 rings (SSSR count). The standard InChI is InChI=1S/C22H27N3O7S/c1-2-32-22(28)15-4-3-7-25(14-15)33(29,30)16-5-6-19-17(12-16)20(26)18(13-23-19)21(27)24-8-10-31-11-9-24/h5-6,12-13,15H,2-4,7-11,14H2,1H3,(H,23,26). The molecule has 1 atom stereocenters. The van der Waals surface area contributed by atoms with Crippen molar-refractivity contribution in [1.29, 1.82) is 0 Å². The molecule has 1 N–H and O–H groups in total. The van der Waals surface area contributed by atoms with Gasteiger partial charge in [0.15, 0.2) is 0 Å². The highest BCUT2D eigenvalue weighted by Crippen LogP contribution is 2.26. The molecule has 3 heterocycles. The summed E-state index contributed by atoms with van der Waals surface area (Å²) in [6, 6.07) is 4.23. The Kier molecular flexibility index (Phi) is 6.82. The first-order valence-corrected chi connectivity index (χ1v) is 12.5. The second-order valence-electron chi connectivity index (χ2n) is 8.10. The zero-order valence-corrected chi connectivity index (χ0v) is 19.2. The van der Waals surface area contributed by atoms with Crippen molar-refractivity contribution in [1.82, 2.24) is 14.2 Å². The number of aromatic nitrogens is 1. The van der Waals surface area contributed by atoms with Crippen molar-refractivity contribution in [2.75, 3.05) is 46.0 Å². The van der Waals surface area contributed by atoms with Gasteiger partial charge in [-0.1, -0.05) is 0 Å². The molecule has 1 aromatic carbocycles. The Hall–Kier alpha value is -2.76. The molecule has 1 amide bonds. The van der Waals surface area contributed by atoms with Crippen LogP contribution in [0.2, 0.25) is 0 Å². The van der Waals surface area contributed by atoms with Crippen LogP contribution in [-0.2, 0) is 24.3 Å². The van der Waals surface area contributed by atoms with Crippen LogP contribution in [0.4, 0.5) is 0 Å². The van der Waals surface area contributed by atoms with Gasteiger partial charge in [0.05, 0.1) is 30.6 Å². The van der Waals surface area contributed by atoms with E-state index in [-0.39, 0.29) is 35.5 Å². The van der Waals surface area contributed by atoms with E-state index in [0.29, 0.717) is 44.7 Å². The molecule has 0 saturated carbocycles. The molecule has 2 aliphatic heterocycles. The number of esters is 1. The van der Waals surface area contributed by atoms with Crippen LogP contribution in [0.15, 0.2) is 34.1 Å². The van der Waals surface area contributed by atoms with E-state index < -0.39 is 33.2 Å². The summed E-state index contributed by atoms with van der Waals surface area (Å²) in [5.41, 5.74) is -0.139. The van der Waals surface area contributed by atoms with Crippen LogP contribution < -0.4 is 5.43 Å². The molecule has 0 radical (unpaired) electrons. The van der Waals surface area contributed by atoms with E-state index in [2.05, 4.69) is 4.98 Å². The molecule has 0 aliphatic carbocycles. The zero-order chi connectivity index (χ0) is 23.6. The Morgan fingerprint density at radius 2 is 1.97 bits per heavy atom. The van der Waals surface area contributed by atoms with Crippen LogP contribution in [0.25, 0.3) is 10.9 Å². The number of nitrogens with one attached hydrogen (secondary N) is 1. The smallest absolute Gasteiger partial charge is 0.310 e. The SMILES string of the molecule is CCOC(=O)C1CCCN(S(=O)(=O)c2ccc3[nH]cc(C(=O)N4CCOCC4)c(=O)c3c2)C1. The van der Waals surface area contributed by atoms with Gasteiger partial charge in [0.2, 0.25) is 15.5 Å². The van der Waals surface area contributed by atoms with E-state index in [0.717, 1.165) is 0 Å². The number of piperidine rings is 1. The average molecular weight is 478 g/mol. The Labute approximate surface area is 191 Å². The van der Waals surface area contributed by atoms with Gasteiger partial charge in [-0.05, 0) is 38.0 Å². The number of rotatable bonds is 5. The van der Waals surface area contributed by atoms with E-state index in [1.165, 1.54) is 28.7 Å². The summed E-state index contributed by atoms with van der Waals surface area (Å²) in [7, 11) is -3.94. The van der Waals surface area contributed by atoms with Gasteiger partial charge in [-0.3, -0.25) is 14.4 Å². The number of sulfonamides is 1. The minimum absolute atomic E-state index is 0.0329. The zero-order valence-electron chi connectivity index (χ0n) is 18.4. The number of ether oxygens (including phenoxy) is 2. The molecular formula is C22H27N3O7S. The lowest BCUT2D eigenvalue weighted by atomic mass is 10.0. The highest BCUT2D eigenvalue weighted by molar-refractivity contribution is 7.89. The number of benzene rings is 1. The van der Waals surface area contributed by atoms with Crippen molar-refractivity contribution in [3.63, 3.8) is 0 Å². The number of H-pyrrole nitrogens is 1. The lowest BCUT2D eigenvalue weighted by Crippen LogP contribution is -2.43. The second kappa shape index (κ2) is 9.62. The molecule has 1 unspecified atom stereocenters. The maximum absolute atomic E-state index is 13.3. The van der Waals surface area contributed by atoms with E-state index >= 15 is 0 Å². The number of nitrogens with zero attached hydrogens (tertiary/aromatic N) is 2. The predicted molar refractivity (Wildman–Crippen MR) is 119 cm³/mol. The van der Waals surface area contributed by atoms with Gasteiger partial charge in [-0.2, -0.15) is 4.31 Å². The van der Waals surface area contributed by atoms with Gasteiger partial charge in [0.25, 0.3) is 5.91 Å². The lowest BCUT2D eigenvalue weighted by Gasteiger charge is -2.30. The molecule has 10 nitrogen and oxygen atoms in total. The highest BCUT2D eigenvalue weighted by atomic mass is 32.2. The van der Waals surface area contributed by atoms with Crippen molar-refractivity contribution >= 4 is 32.8 Å². The van der Waals surface area contributed by atoms with Crippen molar-refractivity contribution in [3.05, 3.63) is 40.2 Å². The number of aromatic amines is 1. The Bertz CT molecular complexity index is 1220. The van der Waals surface area contributed by atoms with Crippen LogP contribution in [-0.4, -0.2) is 80.5 Å². The molecule has 2 fully saturated rings. The first kappa shape index (κ1) is 23.4. The van der Waals surface area contributed by atoms with Gasteiger partial charge < -0.3 is 19.4 Å². The molecule has 178 valence electrons. The third kappa shape index (κ3) is 4.66. The summed E-state index contributed by atoms with van der Waals surface area (Å²) in [5.74, 6) is -1.34. The highest BCUT2D eigenvalue weighted by Gasteiger charge is 2.34. The molecule has 2 saturated heterocycles. The normalized spacial score (nSPS) is 20.0. The number of carbonyl (C=O) groups is 2.